The summed E-state index contributed by atoms with van der Waals surface area (Å²) in [5.74, 6) is -0.315. The first-order valence-electron chi connectivity index (χ1n) is 8.48. The lowest BCUT2D eigenvalue weighted by molar-refractivity contribution is -0.137. The third kappa shape index (κ3) is 6.63. The van der Waals surface area contributed by atoms with Crippen molar-refractivity contribution >= 4 is 0 Å². The van der Waals surface area contributed by atoms with Gasteiger partial charge in [-0.25, -0.2) is 8.78 Å². The monoisotopic (exact) mass is 360 g/mol. The molecule has 1 aromatic carbocycles. The molecule has 2 rings (SSSR count). The van der Waals surface area contributed by atoms with E-state index in [1.165, 1.54) is 12.1 Å². The van der Waals surface area contributed by atoms with Crippen LogP contribution in [0.5, 0.6) is 0 Å². The van der Waals surface area contributed by atoms with E-state index in [9.17, 15) is 22.0 Å². The van der Waals surface area contributed by atoms with Gasteiger partial charge in [-0.1, -0.05) is 45.9 Å². The zero-order chi connectivity index (χ0) is 19.2. The molecule has 0 nitrogen and oxygen atoms in total. The van der Waals surface area contributed by atoms with Crippen LogP contribution in [0.4, 0.5) is 22.0 Å². The fourth-order valence-electron chi connectivity index (χ4n) is 2.48. The molecule has 0 heterocycles. The standard InChI is InChI=1S/C10H11F3.C10H14F2/c1-7(2)8-4-3-5-9(6-8)10(11,12)13;1-3-7(2)9-5-4-8(11)6-10(9)12/h3-7H,1-2H3;6-7H,3-5H2,1-2H3. The third-order valence-corrected chi connectivity index (χ3v) is 4.31. The van der Waals surface area contributed by atoms with Gasteiger partial charge in [0.15, 0.2) is 0 Å². The Bertz CT molecular complexity index is 623. The molecule has 0 aliphatic heterocycles. The largest absolute Gasteiger partial charge is 0.416 e. The highest BCUT2D eigenvalue weighted by Gasteiger charge is 2.30. The Morgan fingerprint density at radius 1 is 1.04 bits per heavy atom. The summed E-state index contributed by atoms with van der Waals surface area (Å²) in [6.07, 6.45) is -1.38. The number of halogens is 5. The number of alkyl halides is 3. The molecule has 0 fully saturated rings. The van der Waals surface area contributed by atoms with Crippen molar-refractivity contribution in [2.45, 2.75) is 59.1 Å². The molecular weight excluding hydrogens is 335 g/mol. The second-order valence-corrected chi connectivity index (χ2v) is 6.55. The molecule has 0 aromatic heterocycles. The van der Waals surface area contributed by atoms with Crippen LogP contribution in [0, 0.1) is 5.92 Å². The fraction of sp³-hybridized carbons (Fsp3) is 0.500. The summed E-state index contributed by atoms with van der Waals surface area (Å²) >= 11 is 0. The lowest BCUT2D eigenvalue weighted by Gasteiger charge is -2.17. The Hall–Kier alpha value is -1.65. The molecule has 140 valence electrons. The molecule has 0 radical (unpaired) electrons. The van der Waals surface area contributed by atoms with Gasteiger partial charge in [0.2, 0.25) is 0 Å². The predicted octanol–water partition coefficient (Wildman–Crippen LogP) is 7.73. The van der Waals surface area contributed by atoms with Gasteiger partial charge in [-0.15, -0.1) is 0 Å². The highest BCUT2D eigenvalue weighted by atomic mass is 19.4. The van der Waals surface area contributed by atoms with Crippen LogP contribution in [0.15, 0.2) is 47.6 Å². The van der Waals surface area contributed by atoms with Crippen molar-refractivity contribution in [1.82, 2.24) is 0 Å². The summed E-state index contributed by atoms with van der Waals surface area (Å²) in [7, 11) is 0. The molecule has 0 N–H and O–H groups in total. The fourth-order valence-corrected chi connectivity index (χ4v) is 2.48. The number of hydrogen-bond donors (Lipinski definition) is 0. The second kappa shape index (κ2) is 9.16. The third-order valence-electron chi connectivity index (χ3n) is 4.31. The van der Waals surface area contributed by atoms with Gasteiger partial charge in [-0.2, -0.15) is 13.2 Å². The molecule has 0 amide bonds. The summed E-state index contributed by atoms with van der Waals surface area (Å²) < 4.78 is 62.4. The summed E-state index contributed by atoms with van der Waals surface area (Å²) in [6, 6.07) is 5.44. The molecule has 0 saturated carbocycles. The van der Waals surface area contributed by atoms with E-state index in [-0.39, 0.29) is 23.5 Å². The summed E-state index contributed by atoms with van der Waals surface area (Å²) in [6.45, 7) is 7.73. The van der Waals surface area contributed by atoms with Crippen molar-refractivity contribution in [1.29, 1.82) is 0 Å². The minimum Gasteiger partial charge on any atom is -0.212 e. The molecule has 0 saturated heterocycles. The smallest absolute Gasteiger partial charge is 0.212 e. The molecule has 1 aliphatic rings. The van der Waals surface area contributed by atoms with E-state index in [0.29, 0.717) is 12.8 Å². The lowest BCUT2D eigenvalue weighted by atomic mass is 9.91. The highest BCUT2D eigenvalue weighted by molar-refractivity contribution is 5.28. The summed E-state index contributed by atoms with van der Waals surface area (Å²) in [5.41, 5.74) is 0.924. The Kier molecular flexibility index (Phi) is 7.84. The van der Waals surface area contributed by atoms with Gasteiger partial charge < -0.3 is 0 Å². The zero-order valence-electron chi connectivity index (χ0n) is 15.1. The van der Waals surface area contributed by atoms with E-state index in [1.807, 2.05) is 27.7 Å². The average molecular weight is 360 g/mol. The van der Waals surface area contributed by atoms with Gasteiger partial charge >= 0.3 is 6.18 Å². The highest BCUT2D eigenvalue weighted by Crippen LogP contribution is 2.32. The van der Waals surface area contributed by atoms with Gasteiger partial charge in [-0.3, -0.25) is 0 Å². The summed E-state index contributed by atoms with van der Waals surface area (Å²) in [5, 5.41) is 0. The van der Waals surface area contributed by atoms with Gasteiger partial charge in [0.25, 0.3) is 0 Å². The van der Waals surface area contributed by atoms with E-state index >= 15 is 0 Å². The first-order chi connectivity index (χ1) is 11.6. The van der Waals surface area contributed by atoms with Crippen molar-refractivity contribution in [2.24, 2.45) is 5.92 Å². The first-order valence-corrected chi connectivity index (χ1v) is 8.48. The van der Waals surface area contributed by atoms with E-state index in [2.05, 4.69) is 0 Å². The Labute approximate surface area is 146 Å². The number of hydrogen-bond acceptors (Lipinski definition) is 0. The maximum Gasteiger partial charge on any atom is 0.416 e. The van der Waals surface area contributed by atoms with Crippen LogP contribution in [-0.4, -0.2) is 0 Å². The Morgan fingerprint density at radius 3 is 2.16 bits per heavy atom. The Balaban J connectivity index is 0.000000251. The molecular formula is C20H25F5. The first kappa shape index (κ1) is 21.4. The zero-order valence-corrected chi connectivity index (χ0v) is 15.1. The molecule has 5 heteroatoms. The van der Waals surface area contributed by atoms with Crippen LogP contribution in [0.1, 0.15) is 64.0 Å². The van der Waals surface area contributed by atoms with E-state index < -0.39 is 11.7 Å². The van der Waals surface area contributed by atoms with E-state index in [1.54, 1.807) is 6.07 Å². The van der Waals surface area contributed by atoms with Crippen LogP contribution < -0.4 is 0 Å². The lowest BCUT2D eigenvalue weighted by Crippen LogP contribution is -2.05. The molecule has 0 spiro atoms. The van der Waals surface area contributed by atoms with Crippen LogP contribution >= 0.6 is 0 Å². The molecule has 0 bridgehead atoms. The van der Waals surface area contributed by atoms with Crippen LogP contribution in [0.3, 0.4) is 0 Å². The van der Waals surface area contributed by atoms with Crippen molar-refractivity contribution in [3.8, 4) is 0 Å². The maximum atomic E-state index is 13.1. The average Bonchev–Trinajstić information content (AvgIpc) is 2.54. The molecule has 1 aliphatic carbocycles. The number of benzene rings is 1. The normalized spacial score (nSPS) is 16.3. The van der Waals surface area contributed by atoms with Crippen molar-refractivity contribution < 1.29 is 22.0 Å². The van der Waals surface area contributed by atoms with E-state index in [4.69, 9.17) is 0 Å². The minimum atomic E-state index is -4.23. The van der Waals surface area contributed by atoms with E-state index in [0.717, 1.165) is 29.7 Å². The maximum absolute atomic E-state index is 13.1. The van der Waals surface area contributed by atoms with Gasteiger partial charge in [0.1, 0.15) is 11.7 Å². The number of allylic oxidation sites excluding steroid dienone is 4. The number of rotatable bonds is 3. The summed E-state index contributed by atoms with van der Waals surface area (Å²) in [4.78, 5) is 0. The van der Waals surface area contributed by atoms with Crippen LogP contribution in [-0.2, 0) is 6.18 Å². The van der Waals surface area contributed by atoms with Crippen molar-refractivity contribution in [3.63, 3.8) is 0 Å². The van der Waals surface area contributed by atoms with Crippen molar-refractivity contribution in [3.05, 3.63) is 58.7 Å². The van der Waals surface area contributed by atoms with Gasteiger partial charge in [0, 0.05) is 12.5 Å². The van der Waals surface area contributed by atoms with Crippen LogP contribution in [0.2, 0.25) is 0 Å². The topological polar surface area (TPSA) is 0 Å². The van der Waals surface area contributed by atoms with Gasteiger partial charge in [0.05, 0.1) is 5.56 Å². The Morgan fingerprint density at radius 2 is 1.68 bits per heavy atom. The molecule has 25 heavy (non-hydrogen) atoms. The SMILES string of the molecule is CC(C)c1cccc(C(F)(F)F)c1.CCC(C)C1=C(F)C=C(F)CC1. The van der Waals surface area contributed by atoms with Gasteiger partial charge in [-0.05, 0) is 41.9 Å². The quantitative estimate of drug-likeness (QED) is 0.484. The second-order valence-electron chi connectivity index (χ2n) is 6.55. The molecule has 1 atom stereocenters. The molecule has 1 aromatic rings. The van der Waals surface area contributed by atoms with Crippen LogP contribution in [0.25, 0.3) is 0 Å². The van der Waals surface area contributed by atoms with Crippen molar-refractivity contribution in [2.75, 3.05) is 0 Å². The predicted molar refractivity (Wildman–Crippen MR) is 91.5 cm³/mol. The molecule has 1 unspecified atom stereocenters. The minimum absolute atomic E-state index is 0.127.